The predicted molar refractivity (Wildman–Crippen MR) is 79.1 cm³/mol. The second-order valence-electron chi connectivity index (χ2n) is 4.67. The summed E-state index contributed by atoms with van der Waals surface area (Å²) in [4.78, 5) is 38.5. The highest BCUT2D eigenvalue weighted by atomic mass is 79.9. The van der Waals surface area contributed by atoms with Crippen molar-refractivity contribution in [2.24, 2.45) is 5.41 Å². The zero-order valence-corrected chi connectivity index (χ0v) is 13.6. The number of barbiturate groups is 1. The molecule has 1 saturated heterocycles. The molecular formula is C13H15BrN2O3S. The van der Waals surface area contributed by atoms with Gasteiger partial charge in [-0.2, -0.15) is 0 Å². The summed E-state index contributed by atoms with van der Waals surface area (Å²) < 4.78 is 0.913. The highest BCUT2D eigenvalue weighted by molar-refractivity contribution is 9.10. The standard InChI is InChI=1S/C13H15BrN2O3S/c1-3-13(4-2)10(17)15-12(19)16(11(13)18)6-9-5-8(14)7-20-9/h5,7H,3-4,6H2,1-2H3,(H,15,17,19). The minimum atomic E-state index is -1.12. The van der Waals surface area contributed by atoms with Gasteiger partial charge in [0.15, 0.2) is 0 Å². The van der Waals surface area contributed by atoms with Crippen molar-refractivity contribution in [1.82, 2.24) is 10.2 Å². The third-order valence-corrected chi connectivity index (χ3v) is 5.38. The summed E-state index contributed by atoms with van der Waals surface area (Å²) in [6.07, 6.45) is 0.762. The van der Waals surface area contributed by atoms with Crippen molar-refractivity contribution in [1.29, 1.82) is 0 Å². The van der Waals surface area contributed by atoms with Crippen LogP contribution in [0.25, 0.3) is 0 Å². The molecule has 1 aromatic rings. The smallest absolute Gasteiger partial charge is 0.277 e. The average Bonchev–Trinajstić information content (AvgIpc) is 2.82. The molecule has 2 heterocycles. The summed E-state index contributed by atoms with van der Waals surface area (Å²) >= 11 is 4.80. The van der Waals surface area contributed by atoms with E-state index in [0.29, 0.717) is 12.8 Å². The largest absolute Gasteiger partial charge is 0.331 e. The van der Waals surface area contributed by atoms with Gasteiger partial charge in [-0.25, -0.2) is 4.79 Å². The predicted octanol–water partition coefficient (Wildman–Crippen LogP) is 2.90. The molecule has 108 valence electrons. The van der Waals surface area contributed by atoms with Gasteiger partial charge < -0.3 is 0 Å². The first-order chi connectivity index (χ1) is 9.44. The van der Waals surface area contributed by atoms with Crippen LogP contribution in [0.2, 0.25) is 0 Å². The number of amides is 4. The van der Waals surface area contributed by atoms with Crippen molar-refractivity contribution in [3.63, 3.8) is 0 Å². The molecule has 0 bridgehead atoms. The number of carbonyl (C=O) groups excluding carboxylic acids is 3. The Bertz CT molecular complexity index is 566. The van der Waals surface area contributed by atoms with Crippen LogP contribution in [0.4, 0.5) is 4.79 Å². The fraction of sp³-hybridized carbons (Fsp3) is 0.462. The molecule has 1 N–H and O–H groups in total. The van der Waals surface area contributed by atoms with Gasteiger partial charge in [-0.1, -0.05) is 13.8 Å². The molecule has 0 atom stereocenters. The van der Waals surface area contributed by atoms with E-state index in [2.05, 4.69) is 21.2 Å². The quantitative estimate of drug-likeness (QED) is 0.841. The second kappa shape index (κ2) is 5.65. The molecule has 0 radical (unpaired) electrons. The van der Waals surface area contributed by atoms with Crippen LogP contribution in [-0.2, 0) is 16.1 Å². The SMILES string of the molecule is CCC1(CC)C(=O)NC(=O)N(Cc2cc(Br)cs2)C1=O. The highest BCUT2D eigenvalue weighted by Gasteiger charge is 2.51. The first-order valence-corrected chi connectivity index (χ1v) is 8.02. The number of nitrogens with zero attached hydrogens (tertiary/aromatic N) is 1. The first-order valence-electron chi connectivity index (χ1n) is 6.35. The Labute approximate surface area is 129 Å². The number of hydrogen-bond acceptors (Lipinski definition) is 4. The Kier molecular flexibility index (Phi) is 4.29. The van der Waals surface area contributed by atoms with Crippen LogP contribution in [0.15, 0.2) is 15.9 Å². The number of hydrogen-bond donors (Lipinski definition) is 1. The van der Waals surface area contributed by atoms with Crippen LogP contribution >= 0.6 is 27.3 Å². The molecule has 5 nitrogen and oxygen atoms in total. The molecule has 1 aliphatic rings. The Hall–Kier alpha value is -1.21. The van der Waals surface area contributed by atoms with Crippen molar-refractivity contribution in [2.45, 2.75) is 33.2 Å². The maximum atomic E-state index is 12.6. The van der Waals surface area contributed by atoms with Gasteiger partial charge in [0.2, 0.25) is 11.8 Å². The molecule has 0 saturated carbocycles. The zero-order valence-electron chi connectivity index (χ0n) is 11.2. The van der Waals surface area contributed by atoms with Crippen LogP contribution < -0.4 is 5.32 Å². The molecule has 20 heavy (non-hydrogen) atoms. The molecular weight excluding hydrogens is 344 g/mol. The molecule has 7 heteroatoms. The van der Waals surface area contributed by atoms with E-state index in [1.54, 1.807) is 13.8 Å². The van der Waals surface area contributed by atoms with E-state index in [0.717, 1.165) is 14.2 Å². The Morgan fingerprint density at radius 1 is 1.30 bits per heavy atom. The Balaban J connectivity index is 2.30. The van der Waals surface area contributed by atoms with Gasteiger partial charge in [0.05, 0.1) is 6.54 Å². The van der Waals surface area contributed by atoms with Crippen LogP contribution in [-0.4, -0.2) is 22.7 Å². The lowest BCUT2D eigenvalue weighted by Crippen LogP contribution is -2.63. The van der Waals surface area contributed by atoms with Gasteiger partial charge in [-0.05, 0) is 34.8 Å². The van der Waals surface area contributed by atoms with Gasteiger partial charge >= 0.3 is 6.03 Å². The second-order valence-corrected chi connectivity index (χ2v) is 6.58. The Morgan fingerprint density at radius 3 is 2.45 bits per heavy atom. The number of carbonyl (C=O) groups is 3. The van der Waals surface area contributed by atoms with E-state index in [9.17, 15) is 14.4 Å². The lowest BCUT2D eigenvalue weighted by molar-refractivity contribution is -0.152. The monoisotopic (exact) mass is 358 g/mol. The molecule has 0 aliphatic carbocycles. The van der Waals surface area contributed by atoms with Crippen molar-refractivity contribution in [3.05, 3.63) is 20.8 Å². The fourth-order valence-electron chi connectivity index (χ4n) is 2.34. The molecule has 0 aromatic carbocycles. The van der Waals surface area contributed by atoms with Crippen molar-refractivity contribution in [3.8, 4) is 0 Å². The van der Waals surface area contributed by atoms with E-state index in [-0.39, 0.29) is 6.54 Å². The summed E-state index contributed by atoms with van der Waals surface area (Å²) in [5.41, 5.74) is -1.12. The highest BCUT2D eigenvalue weighted by Crippen LogP contribution is 2.33. The van der Waals surface area contributed by atoms with Gasteiger partial charge in [-0.3, -0.25) is 19.8 Å². The Morgan fingerprint density at radius 2 is 1.95 bits per heavy atom. The molecule has 2 rings (SSSR count). The summed E-state index contributed by atoms with van der Waals surface area (Å²) in [6, 6.07) is 1.23. The van der Waals surface area contributed by atoms with Gasteiger partial charge in [0.25, 0.3) is 0 Å². The minimum absolute atomic E-state index is 0.190. The third kappa shape index (κ3) is 2.40. The van der Waals surface area contributed by atoms with Gasteiger partial charge in [0, 0.05) is 14.7 Å². The summed E-state index contributed by atoms with van der Waals surface area (Å²) in [6.45, 7) is 3.77. The number of halogens is 1. The molecule has 0 unspecified atom stereocenters. The first kappa shape index (κ1) is 15.2. The van der Waals surface area contributed by atoms with E-state index in [4.69, 9.17) is 0 Å². The van der Waals surface area contributed by atoms with Crippen LogP contribution in [0.3, 0.4) is 0 Å². The van der Waals surface area contributed by atoms with E-state index < -0.39 is 23.3 Å². The number of thiophene rings is 1. The molecule has 4 amide bonds. The summed E-state index contributed by atoms with van der Waals surface area (Å²) in [5, 5.41) is 4.19. The van der Waals surface area contributed by atoms with Gasteiger partial charge in [-0.15, -0.1) is 11.3 Å². The van der Waals surface area contributed by atoms with E-state index in [1.807, 2.05) is 11.4 Å². The molecule has 0 spiro atoms. The lowest BCUT2D eigenvalue weighted by Gasteiger charge is -2.38. The van der Waals surface area contributed by atoms with Crippen LogP contribution in [0, 0.1) is 5.41 Å². The fourth-order valence-corrected chi connectivity index (χ4v) is 3.78. The number of urea groups is 1. The third-order valence-electron chi connectivity index (χ3n) is 3.70. The summed E-state index contributed by atoms with van der Waals surface area (Å²) in [7, 11) is 0. The maximum absolute atomic E-state index is 12.6. The maximum Gasteiger partial charge on any atom is 0.331 e. The lowest BCUT2D eigenvalue weighted by atomic mass is 9.78. The normalized spacial score (nSPS) is 18.4. The van der Waals surface area contributed by atoms with Crippen LogP contribution in [0.5, 0.6) is 0 Å². The van der Waals surface area contributed by atoms with Crippen molar-refractivity contribution in [2.75, 3.05) is 0 Å². The van der Waals surface area contributed by atoms with Crippen molar-refractivity contribution >= 4 is 45.1 Å². The van der Waals surface area contributed by atoms with Crippen molar-refractivity contribution < 1.29 is 14.4 Å². The van der Waals surface area contributed by atoms with Crippen LogP contribution in [0.1, 0.15) is 31.6 Å². The molecule has 1 aromatic heterocycles. The number of nitrogens with one attached hydrogen (secondary N) is 1. The summed E-state index contributed by atoms with van der Waals surface area (Å²) in [5.74, 6) is -0.887. The molecule has 1 aliphatic heterocycles. The van der Waals surface area contributed by atoms with E-state index in [1.165, 1.54) is 11.3 Å². The average molecular weight is 359 g/mol. The van der Waals surface area contributed by atoms with Gasteiger partial charge in [0.1, 0.15) is 5.41 Å². The zero-order chi connectivity index (χ0) is 14.9. The number of imide groups is 2. The van der Waals surface area contributed by atoms with E-state index >= 15 is 0 Å². The number of rotatable bonds is 4. The topological polar surface area (TPSA) is 66.5 Å². The minimum Gasteiger partial charge on any atom is -0.277 e. The molecule has 1 fully saturated rings.